The number of nitrogens with two attached hydrogens (primary N) is 1. The number of carbonyl (C=O) groups excluding carboxylic acids is 3. The lowest BCUT2D eigenvalue weighted by atomic mass is 10.0. The van der Waals surface area contributed by atoms with Gasteiger partial charge in [-0.1, -0.05) is 12.1 Å². The molecule has 4 unspecified atom stereocenters. The zero-order valence-corrected chi connectivity index (χ0v) is 21.1. The van der Waals surface area contributed by atoms with Gasteiger partial charge in [-0.2, -0.15) is 0 Å². The van der Waals surface area contributed by atoms with Gasteiger partial charge >= 0.3 is 17.9 Å². The van der Waals surface area contributed by atoms with Gasteiger partial charge in [0.15, 0.2) is 0 Å². The number of nitrogens with zero attached hydrogens (tertiary/aromatic N) is 1. The van der Waals surface area contributed by atoms with Crippen LogP contribution < -0.4 is 21.7 Å². The van der Waals surface area contributed by atoms with Crippen LogP contribution in [-0.2, 0) is 41.6 Å². The van der Waals surface area contributed by atoms with Crippen molar-refractivity contribution >= 4 is 35.6 Å². The summed E-state index contributed by atoms with van der Waals surface area (Å²) >= 11 is 0. The molecule has 10 N–H and O–H groups in total. The lowest BCUT2D eigenvalue weighted by Crippen LogP contribution is -2.58. The maximum absolute atomic E-state index is 13.2. The fourth-order valence-corrected chi connectivity index (χ4v) is 3.51. The first-order chi connectivity index (χ1) is 18.8. The first-order valence-corrected chi connectivity index (χ1v) is 11.9. The number of imidazole rings is 1. The van der Waals surface area contributed by atoms with E-state index in [0.717, 1.165) is 0 Å². The Hall–Kier alpha value is -4.99. The van der Waals surface area contributed by atoms with Crippen LogP contribution >= 0.6 is 0 Å². The molecule has 40 heavy (non-hydrogen) atoms. The third kappa shape index (κ3) is 10.4. The Kier molecular flexibility index (Phi) is 11.6. The molecule has 16 heteroatoms. The quantitative estimate of drug-likeness (QED) is 0.109. The second-order valence-electron chi connectivity index (χ2n) is 8.81. The van der Waals surface area contributed by atoms with Crippen LogP contribution in [0.15, 0.2) is 36.8 Å². The molecule has 0 radical (unpaired) electrons. The molecular weight excluding hydrogens is 532 g/mol. The molecule has 1 heterocycles. The highest BCUT2D eigenvalue weighted by atomic mass is 16.4. The Labute approximate surface area is 227 Å². The zero-order valence-electron chi connectivity index (χ0n) is 21.1. The number of aromatic amines is 1. The smallest absolute Gasteiger partial charge is 0.326 e. The molecule has 1 aromatic carbocycles. The monoisotopic (exact) mass is 562 g/mol. The summed E-state index contributed by atoms with van der Waals surface area (Å²) in [6.07, 6.45) is 0.734. The summed E-state index contributed by atoms with van der Waals surface area (Å²) in [5.74, 6) is -7.10. The third-order valence-corrected chi connectivity index (χ3v) is 5.62. The number of carboxylic acids is 3. The van der Waals surface area contributed by atoms with Crippen LogP contribution in [0, 0.1) is 0 Å². The van der Waals surface area contributed by atoms with E-state index in [1.54, 1.807) is 0 Å². The Morgan fingerprint density at radius 1 is 0.825 bits per heavy atom. The van der Waals surface area contributed by atoms with Crippen molar-refractivity contribution in [1.82, 2.24) is 25.9 Å². The number of hydrogen-bond acceptors (Lipinski definition) is 9. The van der Waals surface area contributed by atoms with E-state index in [2.05, 4.69) is 25.9 Å². The van der Waals surface area contributed by atoms with Crippen LogP contribution in [0.1, 0.15) is 30.5 Å². The largest absolute Gasteiger partial charge is 0.508 e. The van der Waals surface area contributed by atoms with Crippen molar-refractivity contribution in [2.45, 2.75) is 56.3 Å². The third-order valence-electron chi connectivity index (χ3n) is 5.62. The molecule has 16 nitrogen and oxygen atoms in total. The number of phenols is 1. The van der Waals surface area contributed by atoms with E-state index < -0.39 is 72.6 Å². The second kappa shape index (κ2) is 14.8. The molecule has 4 atom stereocenters. The maximum atomic E-state index is 13.2. The summed E-state index contributed by atoms with van der Waals surface area (Å²) in [5, 5.41) is 44.0. The molecule has 0 bridgehead atoms. The van der Waals surface area contributed by atoms with E-state index in [0.29, 0.717) is 11.3 Å². The predicted molar refractivity (Wildman–Crippen MR) is 135 cm³/mol. The molecule has 1 aromatic heterocycles. The highest BCUT2D eigenvalue weighted by molar-refractivity contribution is 5.95. The minimum atomic E-state index is -1.70. The maximum Gasteiger partial charge on any atom is 0.326 e. The average Bonchev–Trinajstić information content (AvgIpc) is 3.40. The molecule has 0 aliphatic carbocycles. The van der Waals surface area contributed by atoms with Crippen molar-refractivity contribution in [3.8, 4) is 5.75 Å². The summed E-state index contributed by atoms with van der Waals surface area (Å²) in [6, 6.07) is -0.333. The van der Waals surface area contributed by atoms with E-state index >= 15 is 0 Å². The standard InChI is InChI=1S/C24H30N6O10/c25-15(5-6-19(32)33)21(36)28-17(9-20(34)35)23(38)29-16(7-12-1-3-14(31)4-2-12)22(37)30-18(24(39)40)8-13-10-26-11-27-13/h1-4,10-11,15-18,31H,5-9,25H2,(H,26,27)(H,28,36)(H,29,38)(H,30,37)(H,32,33)(H,34,35)(H,39,40). The number of amides is 3. The molecule has 2 aromatic rings. The van der Waals surface area contributed by atoms with Gasteiger partial charge in [0.25, 0.3) is 0 Å². The fourth-order valence-electron chi connectivity index (χ4n) is 3.51. The van der Waals surface area contributed by atoms with Gasteiger partial charge in [-0.15, -0.1) is 0 Å². The van der Waals surface area contributed by atoms with Gasteiger partial charge in [0.2, 0.25) is 17.7 Å². The van der Waals surface area contributed by atoms with Crippen LogP contribution in [0.2, 0.25) is 0 Å². The van der Waals surface area contributed by atoms with Gasteiger partial charge in [0.1, 0.15) is 23.9 Å². The molecule has 0 saturated carbocycles. The van der Waals surface area contributed by atoms with Crippen LogP contribution in [0.3, 0.4) is 0 Å². The van der Waals surface area contributed by atoms with Gasteiger partial charge in [-0.05, 0) is 24.1 Å². The molecule has 0 aliphatic heterocycles. The van der Waals surface area contributed by atoms with E-state index in [9.17, 15) is 44.1 Å². The summed E-state index contributed by atoms with van der Waals surface area (Å²) in [7, 11) is 0. The first-order valence-electron chi connectivity index (χ1n) is 11.9. The summed E-state index contributed by atoms with van der Waals surface area (Å²) in [6.45, 7) is 0. The van der Waals surface area contributed by atoms with Crippen molar-refractivity contribution in [3.63, 3.8) is 0 Å². The Morgan fingerprint density at radius 3 is 1.98 bits per heavy atom. The number of nitrogens with one attached hydrogen (secondary N) is 4. The van der Waals surface area contributed by atoms with Crippen molar-refractivity contribution in [2.75, 3.05) is 0 Å². The molecule has 0 aliphatic rings. The van der Waals surface area contributed by atoms with E-state index in [4.69, 9.17) is 10.8 Å². The SMILES string of the molecule is NC(CCC(=O)O)C(=O)NC(CC(=O)O)C(=O)NC(Cc1ccc(O)cc1)C(=O)NC(Cc1cnc[nH]1)C(=O)O. The van der Waals surface area contributed by atoms with Crippen LogP contribution in [0.4, 0.5) is 0 Å². The zero-order chi connectivity index (χ0) is 29.8. The number of phenolic OH excluding ortho intramolecular Hbond substituents is 1. The average molecular weight is 563 g/mol. The minimum Gasteiger partial charge on any atom is -0.508 e. The second-order valence-corrected chi connectivity index (χ2v) is 8.81. The topological polar surface area (TPSA) is 274 Å². The lowest BCUT2D eigenvalue weighted by molar-refractivity contribution is -0.143. The van der Waals surface area contributed by atoms with Gasteiger partial charge < -0.3 is 47.1 Å². The van der Waals surface area contributed by atoms with E-state index in [1.807, 2.05) is 0 Å². The molecule has 0 fully saturated rings. The minimum absolute atomic E-state index is 0.0669. The fraction of sp³-hybridized carbons (Fsp3) is 0.375. The summed E-state index contributed by atoms with van der Waals surface area (Å²) in [5.41, 5.74) is 6.51. The molecular formula is C24H30N6O10. The number of aliphatic carboxylic acids is 3. The normalized spacial score (nSPS) is 13.7. The van der Waals surface area contributed by atoms with Crippen molar-refractivity contribution in [1.29, 1.82) is 0 Å². The molecule has 3 amide bonds. The number of carbonyl (C=O) groups is 6. The van der Waals surface area contributed by atoms with Gasteiger partial charge in [0.05, 0.1) is 18.8 Å². The molecule has 0 saturated heterocycles. The first kappa shape index (κ1) is 31.2. The summed E-state index contributed by atoms with van der Waals surface area (Å²) in [4.78, 5) is 79.0. The van der Waals surface area contributed by atoms with Crippen LogP contribution in [0.25, 0.3) is 0 Å². The lowest BCUT2D eigenvalue weighted by Gasteiger charge is -2.24. The predicted octanol–water partition coefficient (Wildman–Crippen LogP) is -1.89. The number of hydrogen-bond donors (Lipinski definition) is 9. The Morgan fingerprint density at radius 2 is 1.43 bits per heavy atom. The van der Waals surface area contributed by atoms with E-state index in [1.165, 1.54) is 36.8 Å². The summed E-state index contributed by atoms with van der Waals surface area (Å²) < 4.78 is 0. The van der Waals surface area contributed by atoms with Crippen molar-refractivity contribution < 1.29 is 49.2 Å². The number of carboxylic acid groups (broad SMARTS) is 3. The number of aromatic hydroxyl groups is 1. The highest BCUT2D eigenvalue weighted by Crippen LogP contribution is 2.12. The van der Waals surface area contributed by atoms with Gasteiger partial charge in [-0.25, -0.2) is 9.78 Å². The van der Waals surface area contributed by atoms with Crippen molar-refractivity contribution in [2.24, 2.45) is 5.73 Å². The van der Waals surface area contributed by atoms with Crippen molar-refractivity contribution in [3.05, 3.63) is 48.0 Å². The van der Waals surface area contributed by atoms with E-state index in [-0.39, 0.29) is 25.0 Å². The molecule has 216 valence electrons. The Balaban J connectivity index is 2.24. The number of benzene rings is 1. The number of aromatic nitrogens is 2. The number of rotatable bonds is 16. The van der Waals surface area contributed by atoms with Gasteiger partial charge in [0, 0.05) is 31.2 Å². The van der Waals surface area contributed by atoms with Crippen LogP contribution in [-0.4, -0.2) is 90.2 Å². The van der Waals surface area contributed by atoms with Gasteiger partial charge in [-0.3, -0.25) is 24.0 Å². The molecule has 0 spiro atoms. The molecule has 2 rings (SSSR count). The highest BCUT2D eigenvalue weighted by Gasteiger charge is 2.32. The number of H-pyrrole nitrogens is 1. The Bertz CT molecular complexity index is 1200. The van der Waals surface area contributed by atoms with Crippen LogP contribution in [0.5, 0.6) is 5.75 Å².